The smallest absolute Gasteiger partial charge is 0.242 e. The average molecular weight is 275 g/mol. The number of carbonyl (C=O) groups excluding carboxylic acids is 1. The largest absolute Gasteiger partial charge is 0.399 e. The molecule has 1 amide bonds. The summed E-state index contributed by atoms with van der Waals surface area (Å²) in [5.74, 6) is 0.955. The van der Waals surface area contributed by atoms with Gasteiger partial charge in [0.05, 0.1) is 11.0 Å². The van der Waals surface area contributed by atoms with E-state index in [1.54, 1.807) is 13.0 Å². The van der Waals surface area contributed by atoms with Crippen LogP contribution in [0.1, 0.15) is 20.8 Å². The highest BCUT2D eigenvalue weighted by atomic mass is 16.2. The van der Waals surface area contributed by atoms with Crippen LogP contribution in [0.2, 0.25) is 0 Å². The zero-order chi connectivity index (χ0) is 14.7. The van der Waals surface area contributed by atoms with Gasteiger partial charge in [-0.2, -0.15) is 0 Å². The number of hydrogen-bond acceptors (Lipinski definition) is 4. The third kappa shape index (κ3) is 3.40. The maximum absolute atomic E-state index is 11.9. The van der Waals surface area contributed by atoms with Crippen molar-refractivity contribution in [2.24, 2.45) is 5.92 Å². The summed E-state index contributed by atoms with van der Waals surface area (Å²) in [5.41, 5.74) is 8.06. The van der Waals surface area contributed by atoms with E-state index in [-0.39, 0.29) is 11.9 Å². The minimum absolute atomic E-state index is 0.0429. The van der Waals surface area contributed by atoms with Gasteiger partial charge < -0.3 is 21.4 Å². The number of imidazole rings is 1. The van der Waals surface area contributed by atoms with Crippen LogP contribution in [0.4, 0.5) is 11.6 Å². The van der Waals surface area contributed by atoms with Crippen LogP contribution in [0.5, 0.6) is 0 Å². The highest BCUT2D eigenvalue weighted by Gasteiger charge is 2.14. The van der Waals surface area contributed by atoms with Gasteiger partial charge in [-0.15, -0.1) is 0 Å². The molecule has 0 aliphatic carbocycles. The normalized spacial score (nSPS) is 12.6. The molecule has 2 rings (SSSR count). The fourth-order valence-corrected chi connectivity index (χ4v) is 1.82. The third-order valence-electron chi connectivity index (χ3n) is 2.94. The molecule has 1 atom stereocenters. The van der Waals surface area contributed by atoms with Crippen LogP contribution >= 0.6 is 0 Å². The monoisotopic (exact) mass is 275 g/mol. The topological polar surface area (TPSA) is 95.8 Å². The van der Waals surface area contributed by atoms with E-state index in [2.05, 4.69) is 34.4 Å². The summed E-state index contributed by atoms with van der Waals surface area (Å²) >= 11 is 0. The van der Waals surface area contributed by atoms with E-state index in [1.165, 1.54) is 0 Å². The summed E-state index contributed by atoms with van der Waals surface area (Å²) in [7, 11) is 0. The lowest BCUT2D eigenvalue weighted by molar-refractivity contribution is -0.121. The lowest BCUT2D eigenvalue weighted by atomic mass is 10.2. The Bertz CT molecular complexity index is 605. The van der Waals surface area contributed by atoms with Gasteiger partial charge in [0.25, 0.3) is 0 Å². The number of H-pyrrole nitrogens is 1. The maximum atomic E-state index is 11.9. The molecule has 6 heteroatoms. The van der Waals surface area contributed by atoms with Crippen molar-refractivity contribution in [3.8, 4) is 0 Å². The second-order valence-corrected chi connectivity index (χ2v) is 5.37. The molecule has 108 valence electrons. The Morgan fingerprint density at radius 3 is 2.85 bits per heavy atom. The number of carbonyl (C=O) groups is 1. The molecule has 2 aromatic rings. The minimum atomic E-state index is -0.355. The molecule has 0 bridgehead atoms. The van der Waals surface area contributed by atoms with Crippen molar-refractivity contribution in [3.63, 3.8) is 0 Å². The Hall–Kier alpha value is -2.24. The molecule has 1 aromatic heterocycles. The number of benzene rings is 1. The molecule has 0 aliphatic heterocycles. The van der Waals surface area contributed by atoms with Crippen molar-refractivity contribution in [1.82, 2.24) is 15.3 Å². The molecule has 0 spiro atoms. The van der Waals surface area contributed by atoms with Crippen molar-refractivity contribution in [2.75, 3.05) is 17.6 Å². The van der Waals surface area contributed by atoms with E-state index in [4.69, 9.17) is 5.73 Å². The van der Waals surface area contributed by atoms with Gasteiger partial charge in [0.1, 0.15) is 6.04 Å². The van der Waals surface area contributed by atoms with Crippen molar-refractivity contribution < 1.29 is 4.79 Å². The quantitative estimate of drug-likeness (QED) is 0.625. The van der Waals surface area contributed by atoms with Gasteiger partial charge in [-0.3, -0.25) is 4.79 Å². The predicted octanol–water partition coefficient (Wildman–Crippen LogP) is 1.72. The number of nitrogens with one attached hydrogen (secondary N) is 3. The van der Waals surface area contributed by atoms with Crippen LogP contribution in [0.3, 0.4) is 0 Å². The number of anilines is 2. The van der Waals surface area contributed by atoms with Crippen molar-refractivity contribution in [1.29, 1.82) is 0 Å². The highest BCUT2D eigenvalue weighted by Crippen LogP contribution is 2.17. The molecule has 20 heavy (non-hydrogen) atoms. The van der Waals surface area contributed by atoms with Gasteiger partial charge in [0.15, 0.2) is 0 Å². The first kappa shape index (κ1) is 14.2. The van der Waals surface area contributed by atoms with E-state index in [0.717, 1.165) is 11.0 Å². The van der Waals surface area contributed by atoms with Crippen molar-refractivity contribution in [3.05, 3.63) is 18.2 Å². The molecule has 1 aromatic carbocycles. The molecule has 0 saturated carbocycles. The number of nitrogens with zero attached hydrogens (tertiary/aromatic N) is 1. The first-order chi connectivity index (χ1) is 9.45. The van der Waals surface area contributed by atoms with Crippen LogP contribution < -0.4 is 16.4 Å². The van der Waals surface area contributed by atoms with Crippen molar-refractivity contribution in [2.45, 2.75) is 26.8 Å². The zero-order valence-corrected chi connectivity index (χ0v) is 12.0. The number of aromatic amines is 1. The number of amides is 1. The van der Waals surface area contributed by atoms with Gasteiger partial charge in [-0.1, -0.05) is 13.8 Å². The number of rotatable bonds is 5. The number of fused-ring (bicyclic) bond motifs is 1. The molecule has 5 N–H and O–H groups in total. The molecule has 1 heterocycles. The summed E-state index contributed by atoms with van der Waals surface area (Å²) < 4.78 is 0. The molecule has 1 unspecified atom stereocenters. The lowest BCUT2D eigenvalue weighted by Crippen LogP contribution is -2.39. The number of nitrogens with two attached hydrogens (primary N) is 1. The van der Waals surface area contributed by atoms with Crippen molar-refractivity contribution >= 4 is 28.6 Å². The second-order valence-electron chi connectivity index (χ2n) is 5.37. The number of nitrogen functional groups attached to an aromatic ring is 1. The fourth-order valence-electron chi connectivity index (χ4n) is 1.82. The van der Waals surface area contributed by atoms with Crippen LogP contribution in [0.15, 0.2) is 18.2 Å². The summed E-state index contributed by atoms with van der Waals surface area (Å²) in [6.45, 7) is 6.59. The average Bonchev–Trinajstić information content (AvgIpc) is 2.76. The standard InChI is InChI=1S/C14H21N5O/c1-8(2)7-16-13(20)9(3)17-14-18-11-5-4-10(15)6-12(11)19-14/h4-6,8-9H,7,15H2,1-3H3,(H,16,20)(H2,17,18,19). The van der Waals surface area contributed by atoms with Crippen LogP contribution in [0, 0.1) is 5.92 Å². The Morgan fingerprint density at radius 1 is 1.40 bits per heavy atom. The van der Waals surface area contributed by atoms with E-state index in [1.807, 2.05) is 12.1 Å². The Balaban J connectivity index is 2.02. The lowest BCUT2D eigenvalue weighted by Gasteiger charge is -2.14. The Morgan fingerprint density at radius 2 is 2.15 bits per heavy atom. The third-order valence-corrected chi connectivity index (χ3v) is 2.94. The number of hydrogen-bond donors (Lipinski definition) is 4. The molecule has 0 saturated heterocycles. The van der Waals surface area contributed by atoms with Gasteiger partial charge in [0.2, 0.25) is 11.9 Å². The second kappa shape index (κ2) is 5.81. The predicted molar refractivity (Wildman–Crippen MR) is 81.4 cm³/mol. The Labute approximate surface area is 118 Å². The fraction of sp³-hybridized carbons (Fsp3) is 0.429. The van der Waals surface area contributed by atoms with Gasteiger partial charge >= 0.3 is 0 Å². The minimum Gasteiger partial charge on any atom is -0.399 e. The van der Waals surface area contributed by atoms with Crippen LogP contribution in [0.25, 0.3) is 11.0 Å². The molecule has 0 aliphatic rings. The van der Waals surface area contributed by atoms with Gasteiger partial charge in [0, 0.05) is 12.2 Å². The summed E-state index contributed by atoms with van der Waals surface area (Å²) in [6.07, 6.45) is 0. The Kier molecular flexibility index (Phi) is 4.12. The van der Waals surface area contributed by atoms with E-state index in [9.17, 15) is 4.79 Å². The summed E-state index contributed by atoms with van der Waals surface area (Å²) in [5, 5.41) is 5.94. The maximum Gasteiger partial charge on any atom is 0.242 e. The SMILES string of the molecule is CC(C)CNC(=O)C(C)Nc1nc2ccc(N)cc2[nH]1. The molecule has 0 fully saturated rings. The first-order valence-corrected chi connectivity index (χ1v) is 6.75. The van der Waals surface area contributed by atoms with Gasteiger partial charge in [-0.25, -0.2) is 4.98 Å². The number of aromatic nitrogens is 2. The highest BCUT2D eigenvalue weighted by molar-refractivity contribution is 5.85. The molecule has 6 nitrogen and oxygen atoms in total. The molecule has 0 radical (unpaired) electrons. The molecular weight excluding hydrogens is 254 g/mol. The first-order valence-electron chi connectivity index (χ1n) is 6.75. The van der Waals surface area contributed by atoms with E-state index < -0.39 is 0 Å². The van der Waals surface area contributed by atoms with Gasteiger partial charge in [-0.05, 0) is 31.0 Å². The zero-order valence-electron chi connectivity index (χ0n) is 12.0. The van der Waals surface area contributed by atoms with E-state index in [0.29, 0.717) is 24.1 Å². The summed E-state index contributed by atoms with van der Waals surface area (Å²) in [6, 6.07) is 5.10. The van der Waals surface area contributed by atoms with Crippen LogP contribution in [-0.2, 0) is 4.79 Å². The van der Waals surface area contributed by atoms with E-state index >= 15 is 0 Å². The van der Waals surface area contributed by atoms with Crippen LogP contribution in [-0.4, -0.2) is 28.5 Å². The molecular formula is C14H21N5O. The summed E-state index contributed by atoms with van der Waals surface area (Å²) in [4.78, 5) is 19.4.